The third-order valence-electron chi connectivity index (χ3n) is 2.97. The van der Waals surface area contributed by atoms with Crippen molar-refractivity contribution in [3.05, 3.63) is 65.7 Å². The Balaban J connectivity index is 2.30. The van der Waals surface area contributed by atoms with Crippen LogP contribution in [0.3, 0.4) is 0 Å². The Bertz CT molecular complexity index is 638. The third kappa shape index (κ3) is 3.26. The van der Waals surface area contributed by atoms with Gasteiger partial charge in [0.25, 0.3) is 0 Å². The Labute approximate surface area is 118 Å². The van der Waals surface area contributed by atoms with Crippen molar-refractivity contribution in [3.63, 3.8) is 0 Å². The molecule has 0 fully saturated rings. The Kier molecular flexibility index (Phi) is 4.23. The van der Waals surface area contributed by atoms with Crippen LogP contribution in [0, 0.1) is 6.92 Å². The molecule has 2 radical (unpaired) electrons. The van der Waals surface area contributed by atoms with E-state index in [9.17, 15) is 8.78 Å². The lowest BCUT2D eigenvalue weighted by atomic mass is 9.90. The van der Waals surface area contributed by atoms with E-state index >= 15 is 0 Å². The molecule has 0 unspecified atom stereocenters. The smallest absolute Gasteiger partial charge is 0.387 e. The summed E-state index contributed by atoms with van der Waals surface area (Å²) in [6, 6.07) is 12.4. The number of hydrogen-bond acceptors (Lipinski definition) is 1. The van der Waals surface area contributed by atoms with Crippen LogP contribution in [-0.4, -0.2) is 14.5 Å². The van der Waals surface area contributed by atoms with Crippen LogP contribution in [-0.2, 0) is 0 Å². The lowest BCUT2D eigenvalue weighted by Crippen LogP contribution is -2.04. The minimum Gasteiger partial charge on any atom is -0.435 e. The highest BCUT2D eigenvalue weighted by Gasteiger charge is 2.09. The zero-order valence-corrected chi connectivity index (χ0v) is 11.1. The first-order chi connectivity index (χ1) is 9.47. The highest BCUT2D eigenvalue weighted by atomic mass is 19.3. The van der Waals surface area contributed by atoms with E-state index in [1.54, 1.807) is 25.1 Å². The molecule has 0 aliphatic rings. The fourth-order valence-electron chi connectivity index (χ4n) is 1.96. The van der Waals surface area contributed by atoms with Crippen LogP contribution >= 0.6 is 0 Å². The molecular formula is C16H13BF2O. The van der Waals surface area contributed by atoms with Crippen LogP contribution in [0.2, 0.25) is 0 Å². The molecule has 0 saturated heterocycles. The van der Waals surface area contributed by atoms with Crippen molar-refractivity contribution in [2.24, 2.45) is 0 Å². The summed E-state index contributed by atoms with van der Waals surface area (Å²) in [6.07, 6.45) is 0. The first kappa shape index (κ1) is 14.3. The van der Waals surface area contributed by atoms with E-state index in [1.807, 2.05) is 18.2 Å². The molecule has 4 heteroatoms. The number of ether oxygens (including phenoxy) is 1. The summed E-state index contributed by atoms with van der Waals surface area (Å²) in [5.41, 5.74) is 3.80. The third-order valence-corrected chi connectivity index (χ3v) is 2.97. The molecule has 2 aromatic rings. The van der Waals surface area contributed by atoms with Gasteiger partial charge < -0.3 is 4.74 Å². The van der Waals surface area contributed by atoms with Crippen LogP contribution in [0.4, 0.5) is 8.78 Å². The van der Waals surface area contributed by atoms with Gasteiger partial charge in [0, 0.05) is 0 Å². The summed E-state index contributed by atoms with van der Waals surface area (Å²) in [6.45, 7) is 2.92. The van der Waals surface area contributed by atoms with Gasteiger partial charge in [0.15, 0.2) is 0 Å². The molecular weight excluding hydrogens is 257 g/mol. The minimum atomic E-state index is -2.82. The molecule has 100 valence electrons. The standard InChI is InChI=1S/C16H13BF2O/c1-10-8-13(6-7-15(10)20-16(18)19)11(2)12-4-3-5-14(17)9-12/h3-9,16H,2H2,1H3. The van der Waals surface area contributed by atoms with Crippen molar-refractivity contribution in [3.8, 4) is 5.75 Å². The molecule has 0 aliphatic heterocycles. The van der Waals surface area contributed by atoms with E-state index in [1.165, 1.54) is 6.07 Å². The molecule has 0 saturated carbocycles. The van der Waals surface area contributed by atoms with Crippen molar-refractivity contribution in [1.82, 2.24) is 0 Å². The first-order valence-corrected chi connectivity index (χ1v) is 6.08. The lowest BCUT2D eigenvalue weighted by molar-refractivity contribution is -0.0502. The number of aryl methyl sites for hydroxylation is 1. The zero-order valence-electron chi connectivity index (χ0n) is 11.1. The van der Waals surface area contributed by atoms with Crippen molar-refractivity contribution >= 4 is 18.9 Å². The highest BCUT2D eigenvalue weighted by Crippen LogP contribution is 2.27. The summed E-state index contributed by atoms with van der Waals surface area (Å²) in [7, 11) is 5.74. The molecule has 0 spiro atoms. The second-order valence-corrected chi connectivity index (χ2v) is 4.46. The largest absolute Gasteiger partial charge is 0.435 e. The molecule has 0 atom stereocenters. The maximum atomic E-state index is 12.2. The van der Waals surface area contributed by atoms with Gasteiger partial charge >= 0.3 is 6.61 Å². The summed E-state index contributed by atoms with van der Waals surface area (Å²) in [4.78, 5) is 0. The molecule has 0 amide bonds. The lowest BCUT2D eigenvalue weighted by Gasteiger charge is -2.12. The van der Waals surface area contributed by atoms with Crippen LogP contribution in [0.25, 0.3) is 5.57 Å². The van der Waals surface area contributed by atoms with E-state index < -0.39 is 6.61 Å². The van der Waals surface area contributed by atoms with Crippen molar-refractivity contribution in [2.45, 2.75) is 13.5 Å². The molecule has 0 bridgehead atoms. The molecule has 1 nitrogen and oxygen atoms in total. The predicted octanol–water partition coefficient (Wildman–Crippen LogP) is 3.45. The predicted molar refractivity (Wildman–Crippen MR) is 77.8 cm³/mol. The first-order valence-electron chi connectivity index (χ1n) is 6.08. The van der Waals surface area contributed by atoms with E-state index in [2.05, 4.69) is 11.3 Å². The summed E-state index contributed by atoms with van der Waals surface area (Å²) in [5.74, 6) is 0.170. The average Bonchev–Trinajstić information content (AvgIpc) is 2.40. The average molecular weight is 270 g/mol. The van der Waals surface area contributed by atoms with Crippen molar-refractivity contribution in [1.29, 1.82) is 0 Å². The monoisotopic (exact) mass is 270 g/mol. The van der Waals surface area contributed by atoms with Gasteiger partial charge in [0.05, 0.1) is 0 Å². The molecule has 2 rings (SSSR count). The minimum absolute atomic E-state index is 0.170. The SMILES string of the molecule is [B]c1cccc(C(=C)c2ccc(OC(F)F)c(C)c2)c1. The number of hydrogen-bond donors (Lipinski definition) is 0. The fraction of sp³-hybridized carbons (Fsp3) is 0.125. The Morgan fingerprint density at radius 2 is 1.85 bits per heavy atom. The Morgan fingerprint density at radius 3 is 2.45 bits per heavy atom. The van der Waals surface area contributed by atoms with Crippen molar-refractivity contribution < 1.29 is 13.5 Å². The van der Waals surface area contributed by atoms with Gasteiger partial charge in [-0.15, -0.1) is 0 Å². The van der Waals surface area contributed by atoms with Crippen molar-refractivity contribution in [2.75, 3.05) is 0 Å². The second-order valence-electron chi connectivity index (χ2n) is 4.46. The van der Waals surface area contributed by atoms with Gasteiger partial charge in [-0.25, -0.2) is 0 Å². The van der Waals surface area contributed by atoms with E-state index in [0.717, 1.165) is 16.7 Å². The topological polar surface area (TPSA) is 9.23 Å². The van der Waals surface area contributed by atoms with E-state index in [-0.39, 0.29) is 5.75 Å². The summed E-state index contributed by atoms with van der Waals surface area (Å²) in [5, 5.41) is 0. The number of benzene rings is 2. The Morgan fingerprint density at radius 1 is 1.15 bits per heavy atom. The van der Waals surface area contributed by atoms with Crippen LogP contribution < -0.4 is 10.2 Å². The molecule has 0 N–H and O–H groups in total. The number of halogens is 2. The number of alkyl halides is 2. The maximum Gasteiger partial charge on any atom is 0.387 e. The van der Waals surface area contributed by atoms with Crippen LogP contribution in [0.1, 0.15) is 16.7 Å². The van der Waals surface area contributed by atoms with Crippen LogP contribution in [0.5, 0.6) is 5.75 Å². The van der Waals surface area contributed by atoms with Gasteiger partial charge in [-0.05, 0) is 41.3 Å². The Hall–Kier alpha value is -2.10. The van der Waals surface area contributed by atoms with E-state index in [4.69, 9.17) is 7.85 Å². The fourth-order valence-corrected chi connectivity index (χ4v) is 1.96. The van der Waals surface area contributed by atoms with Gasteiger partial charge in [-0.2, -0.15) is 8.78 Å². The summed E-state index contributed by atoms with van der Waals surface area (Å²) >= 11 is 0. The molecule has 0 heterocycles. The second kappa shape index (κ2) is 5.91. The van der Waals surface area contributed by atoms with E-state index in [0.29, 0.717) is 11.0 Å². The summed E-state index contributed by atoms with van der Waals surface area (Å²) < 4.78 is 28.9. The zero-order chi connectivity index (χ0) is 14.7. The molecule has 2 aromatic carbocycles. The van der Waals surface area contributed by atoms with Crippen LogP contribution in [0.15, 0.2) is 49.0 Å². The number of rotatable bonds is 4. The molecule has 0 aromatic heterocycles. The quantitative estimate of drug-likeness (QED) is 0.773. The highest BCUT2D eigenvalue weighted by molar-refractivity contribution is 6.32. The van der Waals surface area contributed by atoms with Gasteiger partial charge in [-0.1, -0.05) is 42.4 Å². The van der Waals surface area contributed by atoms with Gasteiger partial charge in [0.1, 0.15) is 13.6 Å². The van der Waals surface area contributed by atoms with Gasteiger partial charge in [-0.3, -0.25) is 0 Å². The molecule has 20 heavy (non-hydrogen) atoms. The normalized spacial score (nSPS) is 10.6. The van der Waals surface area contributed by atoms with Gasteiger partial charge in [0.2, 0.25) is 0 Å². The maximum absolute atomic E-state index is 12.2. The molecule has 0 aliphatic carbocycles.